The summed E-state index contributed by atoms with van der Waals surface area (Å²) in [6.45, 7) is 5.75. The van der Waals surface area contributed by atoms with Gasteiger partial charge in [-0.2, -0.15) is 0 Å². The quantitative estimate of drug-likeness (QED) is 0.369. The summed E-state index contributed by atoms with van der Waals surface area (Å²) in [7, 11) is 0. The lowest BCUT2D eigenvalue weighted by Gasteiger charge is -2.39. The Morgan fingerprint density at radius 1 is 0.943 bits per heavy atom. The number of amides is 1. The normalized spacial score (nSPS) is 19.0. The van der Waals surface area contributed by atoms with Gasteiger partial charge in [-0.25, -0.2) is 4.39 Å². The molecule has 0 aliphatic carbocycles. The van der Waals surface area contributed by atoms with E-state index in [1.54, 1.807) is 12.1 Å². The van der Waals surface area contributed by atoms with E-state index in [9.17, 15) is 9.18 Å². The van der Waals surface area contributed by atoms with E-state index in [1.807, 2.05) is 30.3 Å². The minimum absolute atomic E-state index is 0.0160. The summed E-state index contributed by atoms with van der Waals surface area (Å²) in [4.78, 5) is 13.1. The molecule has 3 aromatic rings. The molecule has 3 aromatic carbocycles. The maximum atomic E-state index is 13.5. The Labute approximate surface area is 208 Å². The number of halogens is 1. The van der Waals surface area contributed by atoms with Crippen LogP contribution in [-0.4, -0.2) is 24.7 Å². The van der Waals surface area contributed by atoms with E-state index in [4.69, 9.17) is 4.74 Å². The van der Waals surface area contributed by atoms with Gasteiger partial charge in [-0.3, -0.25) is 4.79 Å². The maximum absolute atomic E-state index is 13.5. The molecule has 1 N–H and O–H groups in total. The van der Waals surface area contributed by atoms with Crippen LogP contribution in [-0.2, 0) is 9.53 Å². The van der Waals surface area contributed by atoms with Gasteiger partial charge in [-0.15, -0.1) is 0 Å². The van der Waals surface area contributed by atoms with Gasteiger partial charge in [0.05, 0.1) is 5.60 Å². The summed E-state index contributed by atoms with van der Waals surface area (Å²) in [5, 5.41) is 3.18. The average molecular weight is 474 g/mol. The lowest BCUT2D eigenvalue weighted by atomic mass is 9.75. The van der Waals surface area contributed by atoms with Crippen LogP contribution in [0.3, 0.4) is 0 Å². The second-order valence-corrected chi connectivity index (χ2v) is 10.2. The van der Waals surface area contributed by atoms with Crippen molar-refractivity contribution in [1.29, 1.82) is 0 Å². The lowest BCUT2D eigenvalue weighted by molar-refractivity contribution is -0.121. The Morgan fingerprint density at radius 3 is 2.17 bits per heavy atom. The van der Waals surface area contributed by atoms with Crippen molar-refractivity contribution in [2.24, 2.45) is 5.92 Å². The van der Waals surface area contributed by atoms with E-state index in [-0.39, 0.29) is 23.2 Å². The Kier molecular flexibility index (Phi) is 8.35. The van der Waals surface area contributed by atoms with Crippen LogP contribution in [0.5, 0.6) is 0 Å². The minimum atomic E-state index is -0.270. The van der Waals surface area contributed by atoms with E-state index in [2.05, 4.69) is 49.5 Å². The van der Waals surface area contributed by atoms with Gasteiger partial charge in [-0.1, -0.05) is 72.8 Å². The largest absolute Gasteiger partial charge is 0.376 e. The van der Waals surface area contributed by atoms with Gasteiger partial charge in [0.15, 0.2) is 0 Å². The highest BCUT2D eigenvalue weighted by Crippen LogP contribution is 2.39. The first-order chi connectivity index (χ1) is 16.9. The molecule has 0 saturated carbocycles. The minimum Gasteiger partial charge on any atom is -0.376 e. The SMILES string of the molecule is CC1(C)C[C@@H]([C@@H](CCNC(=O)C[C@@H](c2ccccc2)c2ccc(F)cc2)c2ccccc2)CCO1. The van der Waals surface area contributed by atoms with Gasteiger partial charge < -0.3 is 10.1 Å². The number of carbonyl (C=O) groups excluding carboxylic acids is 1. The molecule has 1 amide bonds. The molecule has 35 heavy (non-hydrogen) atoms. The van der Waals surface area contributed by atoms with Crippen molar-refractivity contribution in [2.75, 3.05) is 13.2 Å². The second kappa shape index (κ2) is 11.6. The van der Waals surface area contributed by atoms with Crippen LogP contribution in [0, 0.1) is 11.7 Å². The number of carbonyl (C=O) groups is 1. The fourth-order valence-electron chi connectivity index (χ4n) is 5.43. The molecule has 1 saturated heterocycles. The zero-order valence-corrected chi connectivity index (χ0v) is 20.8. The van der Waals surface area contributed by atoms with Gasteiger partial charge >= 0.3 is 0 Å². The highest BCUT2D eigenvalue weighted by atomic mass is 19.1. The van der Waals surface area contributed by atoms with Gasteiger partial charge in [-0.05, 0) is 73.8 Å². The first kappa shape index (κ1) is 25.1. The van der Waals surface area contributed by atoms with Crippen molar-refractivity contribution >= 4 is 5.91 Å². The average Bonchev–Trinajstić information content (AvgIpc) is 2.86. The van der Waals surface area contributed by atoms with Gasteiger partial charge in [0.25, 0.3) is 0 Å². The lowest BCUT2D eigenvalue weighted by Crippen LogP contribution is -2.37. The topological polar surface area (TPSA) is 38.3 Å². The van der Waals surface area contributed by atoms with Crippen molar-refractivity contribution in [3.63, 3.8) is 0 Å². The molecule has 3 atom stereocenters. The van der Waals surface area contributed by atoms with Gasteiger partial charge in [0.1, 0.15) is 5.82 Å². The third-order valence-electron chi connectivity index (χ3n) is 7.17. The number of benzene rings is 3. The van der Waals surface area contributed by atoms with Crippen molar-refractivity contribution in [3.05, 3.63) is 107 Å². The number of ether oxygens (including phenoxy) is 1. The van der Waals surface area contributed by atoms with Crippen LogP contribution in [0.25, 0.3) is 0 Å². The third-order valence-corrected chi connectivity index (χ3v) is 7.17. The highest BCUT2D eigenvalue weighted by Gasteiger charge is 2.34. The third kappa shape index (κ3) is 7.02. The van der Waals surface area contributed by atoms with Crippen molar-refractivity contribution < 1.29 is 13.9 Å². The van der Waals surface area contributed by atoms with Crippen LogP contribution in [0.2, 0.25) is 0 Å². The van der Waals surface area contributed by atoms with Crippen molar-refractivity contribution in [1.82, 2.24) is 5.32 Å². The van der Waals surface area contributed by atoms with Crippen LogP contribution in [0.4, 0.5) is 4.39 Å². The number of nitrogens with one attached hydrogen (secondary N) is 1. The standard InChI is InChI=1S/C31H36FNO2/c1-31(2)22-26(18-20-35-31)28(23-9-5-3-6-10-23)17-19-33-30(34)21-29(24-11-7-4-8-12-24)25-13-15-27(32)16-14-25/h3-16,26,28-29H,17-22H2,1-2H3,(H,33,34)/t26-,28-,29-/m0/s1. The Balaban J connectivity index is 1.42. The molecule has 1 aliphatic rings. The summed E-state index contributed by atoms with van der Waals surface area (Å²) in [6, 6.07) is 27.1. The molecule has 4 rings (SSSR count). The summed E-state index contributed by atoms with van der Waals surface area (Å²) >= 11 is 0. The van der Waals surface area contributed by atoms with Gasteiger partial charge in [0.2, 0.25) is 5.91 Å². The smallest absolute Gasteiger partial charge is 0.220 e. The van der Waals surface area contributed by atoms with E-state index in [0.29, 0.717) is 24.8 Å². The predicted molar refractivity (Wildman–Crippen MR) is 139 cm³/mol. The molecule has 0 spiro atoms. The van der Waals surface area contributed by atoms with E-state index in [0.717, 1.165) is 37.0 Å². The van der Waals surface area contributed by atoms with Crippen molar-refractivity contribution in [3.8, 4) is 0 Å². The summed E-state index contributed by atoms with van der Waals surface area (Å²) in [5.74, 6) is 0.532. The van der Waals surface area contributed by atoms with Crippen LogP contribution in [0.15, 0.2) is 84.9 Å². The molecular weight excluding hydrogens is 437 g/mol. The summed E-state index contributed by atoms with van der Waals surface area (Å²) in [5.41, 5.74) is 3.22. The predicted octanol–water partition coefficient (Wildman–Crippen LogP) is 6.84. The molecule has 0 bridgehead atoms. The zero-order chi connectivity index (χ0) is 24.7. The highest BCUT2D eigenvalue weighted by molar-refractivity contribution is 5.77. The van der Waals surface area contributed by atoms with Crippen LogP contribution < -0.4 is 5.32 Å². The molecule has 0 unspecified atom stereocenters. The molecule has 1 heterocycles. The van der Waals surface area contributed by atoms with E-state index in [1.165, 1.54) is 17.7 Å². The molecule has 3 nitrogen and oxygen atoms in total. The molecule has 1 fully saturated rings. The Bertz CT molecular complexity index is 1070. The van der Waals surface area contributed by atoms with Crippen molar-refractivity contribution in [2.45, 2.75) is 57.0 Å². The summed E-state index contributed by atoms with van der Waals surface area (Å²) < 4.78 is 19.5. The number of rotatable bonds is 9. The molecule has 4 heteroatoms. The first-order valence-electron chi connectivity index (χ1n) is 12.7. The second-order valence-electron chi connectivity index (χ2n) is 10.2. The molecule has 0 radical (unpaired) electrons. The monoisotopic (exact) mass is 473 g/mol. The van der Waals surface area contributed by atoms with Gasteiger partial charge in [0, 0.05) is 25.5 Å². The summed E-state index contributed by atoms with van der Waals surface area (Å²) in [6.07, 6.45) is 3.28. The Hall–Kier alpha value is -2.98. The number of hydrogen-bond donors (Lipinski definition) is 1. The van der Waals surface area contributed by atoms with Crippen LogP contribution in [0.1, 0.15) is 68.1 Å². The number of hydrogen-bond acceptors (Lipinski definition) is 2. The molecule has 184 valence electrons. The molecular formula is C31H36FNO2. The van der Waals surface area contributed by atoms with E-state index < -0.39 is 0 Å². The fraction of sp³-hybridized carbons (Fsp3) is 0.387. The maximum Gasteiger partial charge on any atom is 0.220 e. The zero-order valence-electron chi connectivity index (χ0n) is 20.8. The molecule has 1 aliphatic heterocycles. The first-order valence-corrected chi connectivity index (χ1v) is 12.7. The van der Waals surface area contributed by atoms with Crippen LogP contribution >= 0.6 is 0 Å². The molecule has 0 aromatic heterocycles. The fourth-order valence-corrected chi connectivity index (χ4v) is 5.43. The van der Waals surface area contributed by atoms with E-state index >= 15 is 0 Å². The Morgan fingerprint density at radius 2 is 1.54 bits per heavy atom.